The summed E-state index contributed by atoms with van der Waals surface area (Å²) in [5.74, 6) is -0.415. The highest BCUT2D eigenvalue weighted by Gasteiger charge is 2.35. The number of unbranched alkanes of at least 4 members (excludes halogenated alkanes) is 2. The molecule has 3 N–H and O–H groups in total. The molecular weight excluding hydrogens is 563 g/mol. The lowest BCUT2D eigenvalue weighted by Gasteiger charge is -2.32. The van der Waals surface area contributed by atoms with Gasteiger partial charge in [0.1, 0.15) is 6.10 Å². The van der Waals surface area contributed by atoms with Crippen molar-refractivity contribution in [2.24, 2.45) is 11.8 Å². The van der Waals surface area contributed by atoms with Gasteiger partial charge in [-0.25, -0.2) is 0 Å². The second-order valence-corrected chi connectivity index (χ2v) is 14.4. The van der Waals surface area contributed by atoms with E-state index >= 15 is 0 Å². The van der Waals surface area contributed by atoms with E-state index in [4.69, 9.17) is 9.05 Å². The van der Waals surface area contributed by atoms with Crippen molar-refractivity contribution in [2.45, 2.75) is 136 Å². The molecular formula is C34H59N2O6P. The number of nitrogens with one attached hydrogen (secondary N) is 2. The van der Waals surface area contributed by atoms with Gasteiger partial charge in [0.15, 0.2) is 0 Å². The molecule has 1 aromatic rings. The van der Waals surface area contributed by atoms with Crippen LogP contribution in [0.25, 0.3) is 0 Å². The summed E-state index contributed by atoms with van der Waals surface area (Å²) in [6.45, 7) is 8.58. The number of aliphatic hydroxyl groups is 1. The molecule has 1 unspecified atom stereocenters. The zero-order chi connectivity index (χ0) is 31.5. The van der Waals surface area contributed by atoms with Gasteiger partial charge in [-0.15, -0.1) is 0 Å². The van der Waals surface area contributed by atoms with Gasteiger partial charge >= 0.3 is 7.60 Å². The molecule has 0 saturated heterocycles. The minimum absolute atomic E-state index is 0.0763. The molecule has 0 aromatic heterocycles. The number of aryl methyl sites for hydroxylation is 1. The Kier molecular flexibility index (Phi) is 18.4. The monoisotopic (exact) mass is 622 g/mol. The maximum absolute atomic E-state index is 13.8. The number of benzene rings is 1. The van der Waals surface area contributed by atoms with Crippen LogP contribution in [0.5, 0.6) is 0 Å². The van der Waals surface area contributed by atoms with E-state index in [2.05, 4.69) is 17.6 Å². The van der Waals surface area contributed by atoms with Crippen LogP contribution < -0.4 is 10.6 Å². The van der Waals surface area contributed by atoms with Gasteiger partial charge in [-0.1, -0.05) is 102 Å². The normalized spacial score (nSPS) is 18.3. The fourth-order valence-electron chi connectivity index (χ4n) is 5.85. The number of carbonyl (C=O) groups is 2. The smallest absolute Gasteiger partial charge is 0.331 e. The van der Waals surface area contributed by atoms with E-state index in [1.165, 1.54) is 6.42 Å². The summed E-state index contributed by atoms with van der Waals surface area (Å²) in [5, 5.41) is 17.4. The van der Waals surface area contributed by atoms with Gasteiger partial charge in [-0.05, 0) is 56.9 Å². The van der Waals surface area contributed by atoms with Crippen molar-refractivity contribution in [1.82, 2.24) is 10.6 Å². The van der Waals surface area contributed by atoms with Crippen LogP contribution in [0.4, 0.5) is 0 Å². The molecule has 1 fully saturated rings. The maximum atomic E-state index is 13.8. The molecule has 1 aliphatic carbocycles. The fourth-order valence-corrected chi connectivity index (χ4v) is 7.67. The Morgan fingerprint density at radius 2 is 1.70 bits per heavy atom. The Balaban J connectivity index is 2.13. The maximum Gasteiger partial charge on any atom is 0.331 e. The third-order valence-corrected chi connectivity index (χ3v) is 10.5. The molecule has 0 bridgehead atoms. The predicted octanol–water partition coefficient (Wildman–Crippen LogP) is 7.18. The first kappa shape index (κ1) is 37.5. The van der Waals surface area contributed by atoms with E-state index in [0.29, 0.717) is 31.7 Å². The van der Waals surface area contributed by atoms with Crippen LogP contribution in [-0.4, -0.2) is 54.5 Å². The van der Waals surface area contributed by atoms with Crippen molar-refractivity contribution >= 4 is 19.4 Å². The average molecular weight is 623 g/mol. The number of hydrogen-bond acceptors (Lipinski definition) is 6. The third-order valence-electron chi connectivity index (χ3n) is 8.44. The Morgan fingerprint density at radius 3 is 2.35 bits per heavy atom. The highest BCUT2D eigenvalue weighted by molar-refractivity contribution is 7.53. The molecule has 9 heteroatoms. The van der Waals surface area contributed by atoms with Crippen molar-refractivity contribution in [1.29, 1.82) is 0 Å². The standard InChI is InChI=1S/C34H59N2O6P/c1-5-8-22-32(42-43(40,41-7-3)24-16-21-28-17-12-10-13-18-28)34(39)36-30(26-29-19-14-11-15-20-29)31(37)25-27(4)33(38)35-23-9-6-2/h10,12-13,17-18,27,29-32,37H,5-9,11,14-16,19-26H2,1-4H3,(H,35,38)(H,36,39)/t27-,30+,31+,32+,43?/m1/s1. The quantitative estimate of drug-likeness (QED) is 0.0932. The van der Waals surface area contributed by atoms with Gasteiger partial charge in [0, 0.05) is 12.5 Å². The number of amides is 2. The summed E-state index contributed by atoms with van der Waals surface area (Å²) < 4.78 is 25.6. The number of hydrogen-bond donors (Lipinski definition) is 3. The van der Waals surface area contributed by atoms with Crippen LogP contribution in [0.2, 0.25) is 0 Å². The van der Waals surface area contributed by atoms with Gasteiger partial charge < -0.3 is 20.3 Å². The Morgan fingerprint density at radius 1 is 1.00 bits per heavy atom. The van der Waals surface area contributed by atoms with Crippen LogP contribution in [0, 0.1) is 11.8 Å². The number of rotatable bonds is 22. The zero-order valence-electron chi connectivity index (χ0n) is 27.2. The number of carbonyl (C=O) groups excluding carboxylic acids is 2. The van der Waals surface area contributed by atoms with Crippen LogP contribution in [0.15, 0.2) is 30.3 Å². The molecule has 8 nitrogen and oxygen atoms in total. The lowest BCUT2D eigenvalue weighted by Crippen LogP contribution is -2.49. The summed E-state index contributed by atoms with van der Waals surface area (Å²) in [4.78, 5) is 26.4. The van der Waals surface area contributed by atoms with Gasteiger partial charge in [-0.2, -0.15) is 0 Å². The summed E-state index contributed by atoms with van der Waals surface area (Å²) in [6.07, 6.45) is 10.3. The van der Waals surface area contributed by atoms with E-state index < -0.39 is 25.8 Å². The largest absolute Gasteiger partial charge is 0.391 e. The molecule has 1 aliphatic rings. The molecule has 2 rings (SSSR count). The zero-order valence-corrected chi connectivity index (χ0v) is 28.1. The first-order valence-corrected chi connectivity index (χ1v) is 18.7. The first-order chi connectivity index (χ1) is 20.7. The van der Waals surface area contributed by atoms with Crippen LogP contribution in [0.3, 0.4) is 0 Å². The van der Waals surface area contributed by atoms with Gasteiger partial charge in [0.2, 0.25) is 11.8 Å². The van der Waals surface area contributed by atoms with Crippen molar-refractivity contribution < 1.29 is 28.3 Å². The topological polar surface area (TPSA) is 114 Å². The van der Waals surface area contributed by atoms with Crippen LogP contribution >= 0.6 is 7.60 Å². The third kappa shape index (κ3) is 14.7. The molecule has 2 amide bonds. The van der Waals surface area contributed by atoms with Gasteiger partial charge in [0.25, 0.3) is 0 Å². The average Bonchev–Trinajstić information content (AvgIpc) is 3.00. The molecule has 1 aromatic carbocycles. The highest BCUT2D eigenvalue weighted by atomic mass is 31.2. The summed E-state index contributed by atoms with van der Waals surface area (Å²) in [6, 6.07) is 9.50. The van der Waals surface area contributed by atoms with E-state index in [-0.39, 0.29) is 36.9 Å². The van der Waals surface area contributed by atoms with Gasteiger partial charge in [-0.3, -0.25) is 18.7 Å². The Bertz CT molecular complexity index is 955. The summed E-state index contributed by atoms with van der Waals surface area (Å²) in [5.41, 5.74) is 1.15. The molecule has 246 valence electrons. The highest BCUT2D eigenvalue weighted by Crippen LogP contribution is 2.50. The second-order valence-electron chi connectivity index (χ2n) is 12.3. The van der Waals surface area contributed by atoms with E-state index in [1.54, 1.807) is 6.92 Å². The lowest BCUT2D eigenvalue weighted by molar-refractivity contribution is -0.131. The predicted molar refractivity (Wildman–Crippen MR) is 174 cm³/mol. The van der Waals surface area contributed by atoms with E-state index in [1.807, 2.05) is 44.2 Å². The molecule has 5 atom stereocenters. The minimum Gasteiger partial charge on any atom is -0.391 e. The molecule has 0 radical (unpaired) electrons. The number of aliphatic hydroxyl groups excluding tert-OH is 1. The van der Waals surface area contributed by atoms with Crippen molar-refractivity contribution in [3.8, 4) is 0 Å². The molecule has 43 heavy (non-hydrogen) atoms. The van der Waals surface area contributed by atoms with E-state index in [9.17, 15) is 19.3 Å². The SMILES string of the molecule is CCCCNC(=O)[C@H](C)C[C@H](O)[C@H](CC1CCCCC1)NC(=O)[C@H](CCCC)OP(=O)(CCCc1ccccc1)OCC. The second kappa shape index (κ2) is 21.1. The van der Waals surface area contributed by atoms with Crippen LogP contribution in [-0.2, 0) is 29.6 Å². The van der Waals surface area contributed by atoms with Crippen molar-refractivity contribution in [3.63, 3.8) is 0 Å². The molecule has 0 aliphatic heterocycles. The fraction of sp³-hybridized carbons (Fsp3) is 0.765. The molecule has 0 spiro atoms. The van der Waals surface area contributed by atoms with Crippen molar-refractivity contribution in [3.05, 3.63) is 35.9 Å². The first-order valence-electron chi connectivity index (χ1n) is 16.9. The lowest BCUT2D eigenvalue weighted by atomic mass is 9.82. The molecule has 0 heterocycles. The molecule has 1 saturated carbocycles. The van der Waals surface area contributed by atoms with Crippen LogP contribution in [0.1, 0.15) is 117 Å². The summed E-state index contributed by atoms with van der Waals surface area (Å²) in [7, 11) is -3.53. The van der Waals surface area contributed by atoms with E-state index in [0.717, 1.165) is 63.4 Å². The minimum atomic E-state index is -3.53. The Hall–Kier alpha value is -1.73. The van der Waals surface area contributed by atoms with Crippen molar-refractivity contribution in [2.75, 3.05) is 19.3 Å². The Labute approximate surface area is 261 Å². The summed E-state index contributed by atoms with van der Waals surface area (Å²) >= 11 is 0. The van der Waals surface area contributed by atoms with Gasteiger partial charge in [0.05, 0.1) is 24.9 Å².